The number of aromatic amines is 2. The van der Waals surface area contributed by atoms with Crippen LogP contribution in [-0.4, -0.2) is 48.1 Å². The van der Waals surface area contributed by atoms with Gasteiger partial charge in [-0.2, -0.15) is 5.10 Å². The van der Waals surface area contributed by atoms with Gasteiger partial charge in [-0.15, -0.1) is 0 Å². The Labute approximate surface area is 185 Å². The third-order valence-corrected chi connectivity index (χ3v) is 5.67. The fourth-order valence-electron chi connectivity index (χ4n) is 4.15. The van der Waals surface area contributed by atoms with Crippen molar-refractivity contribution in [3.8, 4) is 11.4 Å². The van der Waals surface area contributed by atoms with Crippen molar-refractivity contribution in [2.45, 2.75) is 37.8 Å². The topological polar surface area (TPSA) is 124 Å². The van der Waals surface area contributed by atoms with Crippen LogP contribution in [0.2, 0.25) is 0 Å². The summed E-state index contributed by atoms with van der Waals surface area (Å²) in [6, 6.07) is 1.68. The summed E-state index contributed by atoms with van der Waals surface area (Å²) in [5.41, 5.74) is 0.471. The second kappa shape index (κ2) is 8.52. The molecule has 1 saturated carbocycles. The lowest BCUT2D eigenvalue weighted by Crippen LogP contribution is -2.42. The molecule has 3 aromatic heterocycles. The summed E-state index contributed by atoms with van der Waals surface area (Å²) in [6.07, 6.45) is 6.65. The minimum absolute atomic E-state index is 0.0153. The smallest absolute Gasteiger partial charge is 0.288 e. The van der Waals surface area contributed by atoms with E-state index < -0.39 is 17.5 Å². The van der Waals surface area contributed by atoms with Gasteiger partial charge in [-0.3, -0.25) is 9.89 Å². The third-order valence-electron chi connectivity index (χ3n) is 5.67. The molecule has 9 nitrogen and oxygen atoms in total. The number of nitrogens with one attached hydrogen (secondary N) is 4. The highest BCUT2D eigenvalue weighted by Gasteiger charge is 2.26. The highest BCUT2D eigenvalue weighted by atomic mass is 19.1. The maximum Gasteiger partial charge on any atom is 0.288 e. The maximum absolute atomic E-state index is 14.5. The first kappa shape index (κ1) is 20.9. The zero-order chi connectivity index (χ0) is 22.9. The molecule has 0 spiro atoms. The van der Waals surface area contributed by atoms with Gasteiger partial charge in [0.1, 0.15) is 18.0 Å². The van der Waals surface area contributed by atoms with Crippen LogP contribution in [0.3, 0.4) is 0 Å². The lowest BCUT2D eigenvalue weighted by Gasteiger charge is -2.30. The Morgan fingerprint density at radius 2 is 1.94 bits per heavy atom. The van der Waals surface area contributed by atoms with Crippen LogP contribution in [-0.2, 0) is 0 Å². The number of nitrogens with zero attached hydrogens (tertiary/aromatic N) is 4. The van der Waals surface area contributed by atoms with Gasteiger partial charge in [0.05, 0.1) is 11.7 Å². The van der Waals surface area contributed by atoms with Gasteiger partial charge in [0.2, 0.25) is 5.82 Å². The Kier molecular flexibility index (Phi) is 5.40. The molecule has 0 aliphatic heterocycles. The van der Waals surface area contributed by atoms with E-state index >= 15 is 0 Å². The molecule has 0 radical (unpaired) electrons. The van der Waals surface area contributed by atoms with Crippen LogP contribution in [0.4, 0.5) is 19.0 Å². The molecule has 4 N–H and O–H groups in total. The third kappa shape index (κ3) is 4.23. The number of hydrogen-bond acceptors (Lipinski definition) is 6. The van der Waals surface area contributed by atoms with E-state index in [0.717, 1.165) is 31.5 Å². The van der Waals surface area contributed by atoms with E-state index in [1.54, 1.807) is 0 Å². The minimum Gasteiger partial charge on any atom is -0.365 e. The van der Waals surface area contributed by atoms with Crippen molar-refractivity contribution in [3.63, 3.8) is 0 Å². The fourth-order valence-corrected chi connectivity index (χ4v) is 4.15. The number of hydrogen-bond donors (Lipinski definition) is 4. The van der Waals surface area contributed by atoms with Crippen molar-refractivity contribution >= 4 is 22.6 Å². The van der Waals surface area contributed by atoms with Gasteiger partial charge >= 0.3 is 0 Å². The summed E-state index contributed by atoms with van der Waals surface area (Å²) in [5.74, 6) is -2.24. The average Bonchev–Trinajstić information content (AvgIpc) is 3.46. The summed E-state index contributed by atoms with van der Waals surface area (Å²) in [5, 5.41) is 12.4. The van der Waals surface area contributed by atoms with E-state index in [-0.39, 0.29) is 46.4 Å². The van der Waals surface area contributed by atoms with Crippen LogP contribution in [0, 0.1) is 17.5 Å². The normalized spacial score (nSPS) is 18.4. The molecule has 0 saturated heterocycles. The van der Waals surface area contributed by atoms with E-state index in [2.05, 4.69) is 40.8 Å². The number of carbonyl (C=O) groups excluding carboxylic acids is 1. The van der Waals surface area contributed by atoms with Crippen LogP contribution < -0.4 is 10.6 Å². The maximum atomic E-state index is 14.5. The molecular formula is C21H19F3N8O. The summed E-state index contributed by atoms with van der Waals surface area (Å²) in [6.45, 7) is 0. The molecular weight excluding hydrogens is 437 g/mol. The number of aromatic nitrogens is 6. The Bertz CT molecular complexity index is 1310. The van der Waals surface area contributed by atoms with Gasteiger partial charge in [-0.1, -0.05) is 0 Å². The highest BCUT2D eigenvalue weighted by Crippen LogP contribution is 2.30. The zero-order valence-corrected chi connectivity index (χ0v) is 17.2. The van der Waals surface area contributed by atoms with Crippen LogP contribution in [0.1, 0.15) is 36.3 Å². The van der Waals surface area contributed by atoms with Crippen LogP contribution >= 0.6 is 0 Å². The molecule has 1 aliphatic carbocycles. The molecule has 1 aliphatic rings. The van der Waals surface area contributed by atoms with Crippen LogP contribution in [0.25, 0.3) is 22.3 Å². The van der Waals surface area contributed by atoms with E-state index in [9.17, 15) is 18.0 Å². The number of fused-ring (bicyclic) bond motifs is 1. The SMILES string of the molecule is O=C(N[C@@H]1CCC[C@H](Nc2nc(-c3c[nH]c4c(F)cc(F)cc34)ncc2F)C1)c1ncn[nH]1. The van der Waals surface area contributed by atoms with Gasteiger partial charge < -0.3 is 15.6 Å². The molecule has 3 heterocycles. The van der Waals surface area contributed by atoms with E-state index in [1.807, 2.05) is 0 Å². The first-order chi connectivity index (χ1) is 16.0. The van der Waals surface area contributed by atoms with Gasteiger partial charge in [0.25, 0.3) is 5.91 Å². The van der Waals surface area contributed by atoms with Crippen molar-refractivity contribution in [2.75, 3.05) is 5.32 Å². The van der Waals surface area contributed by atoms with Crippen molar-refractivity contribution < 1.29 is 18.0 Å². The largest absolute Gasteiger partial charge is 0.365 e. The second-order valence-electron chi connectivity index (χ2n) is 7.92. The number of benzene rings is 1. The molecule has 2 atom stereocenters. The molecule has 170 valence electrons. The number of rotatable bonds is 5. The van der Waals surface area contributed by atoms with E-state index in [1.165, 1.54) is 18.6 Å². The number of H-pyrrole nitrogens is 2. The Balaban J connectivity index is 1.34. The lowest BCUT2D eigenvalue weighted by atomic mass is 9.91. The molecule has 0 bridgehead atoms. The van der Waals surface area contributed by atoms with Crippen molar-refractivity contribution in [1.82, 2.24) is 35.5 Å². The first-order valence-corrected chi connectivity index (χ1v) is 10.4. The van der Waals surface area contributed by atoms with Gasteiger partial charge in [0, 0.05) is 35.3 Å². The number of anilines is 1. The van der Waals surface area contributed by atoms with Crippen molar-refractivity contribution in [1.29, 1.82) is 0 Å². The number of halogens is 3. The zero-order valence-electron chi connectivity index (χ0n) is 17.2. The molecule has 1 fully saturated rings. The Morgan fingerprint density at radius 3 is 2.76 bits per heavy atom. The standard InChI is InChI=1S/C21H19F3N8O/c22-10-4-13-14(7-25-17(13)15(23)5-10)18-26-8-16(24)19(31-18)29-11-2-1-3-12(6-11)30-21(33)20-27-9-28-32-20/h4-5,7-9,11-12,25H,1-3,6H2,(H,30,33)(H,26,29,31)(H,27,28,32)/t11-,12+/m0/s1. The average molecular weight is 456 g/mol. The minimum atomic E-state index is -0.739. The Hall–Kier alpha value is -3.96. The summed E-state index contributed by atoms with van der Waals surface area (Å²) in [7, 11) is 0. The quantitative estimate of drug-likeness (QED) is 0.365. The fraction of sp³-hybridized carbons (Fsp3) is 0.286. The molecule has 33 heavy (non-hydrogen) atoms. The summed E-state index contributed by atoms with van der Waals surface area (Å²) < 4.78 is 42.3. The van der Waals surface area contributed by atoms with Gasteiger partial charge in [-0.25, -0.2) is 28.1 Å². The number of amides is 1. The van der Waals surface area contributed by atoms with E-state index in [0.29, 0.717) is 12.0 Å². The molecule has 5 rings (SSSR count). The predicted octanol–water partition coefficient (Wildman–Crippen LogP) is 3.31. The van der Waals surface area contributed by atoms with E-state index in [4.69, 9.17) is 0 Å². The summed E-state index contributed by atoms with van der Waals surface area (Å²) >= 11 is 0. The molecule has 4 aromatic rings. The molecule has 1 aromatic carbocycles. The second-order valence-corrected chi connectivity index (χ2v) is 7.92. The molecule has 0 unspecified atom stereocenters. The monoisotopic (exact) mass is 456 g/mol. The first-order valence-electron chi connectivity index (χ1n) is 10.4. The Morgan fingerprint density at radius 1 is 1.09 bits per heavy atom. The lowest BCUT2D eigenvalue weighted by molar-refractivity contribution is 0.0916. The predicted molar refractivity (Wildman–Crippen MR) is 113 cm³/mol. The van der Waals surface area contributed by atoms with Crippen LogP contribution in [0.15, 0.2) is 30.9 Å². The highest BCUT2D eigenvalue weighted by molar-refractivity contribution is 5.94. The number of carbonyl (C=O) groups is 1. The summed E-state index contributed by atoms with van der Waals surface area (Å²) in [4.78, 5) is 27.1. The van der Waals surface area contributed by atoms with Gasteiger partial charge in [-0.05, 0) is 31.7 Å². The van der Waals surface area contributed by atoms with Crippen LogP contribution in [0.5, 0.6) is 0 Å². The van der Waals surface area contributed by atoms with Crippen molar-refractivity contribution in [2.24, 2.45) is 0 Å². The van der Waals surface area contributed by atoms with Crippen molar-refractivity contribution in [3.05, 3.63) is 54.1 Å². The van der Waals surface area contributed by atoms with Gasteiger partial charge in [0.15, 0.2) is 17.5 Å². The molecule has 12 heteroatoms. The molecule has 1 amide bonds.